The molecule has 0 fully saturated rings. The van der Waals surface area contributed by atoms with Gasteiger partial charge in [0.1, 0.15) is 0 Å². The van der Waals surface area contributed by atoms with Crippen molar-refractivity contribution in [1.82, 2.24) is 10.6 Å². The lowest BCUT2D eigenvalue weighted by atomic mass is 10.2. The molecule has 0 bridgehead atoms. The second-order valence-corrected chi connectivity index (χ2v) is 5.11. The van der Waals surface area contributed by atoms with Crippen LogP contribution >= 0.6 is 24.0 Å². The number of hydrogen-bond acceptors (Lipinski definition) is 4. The fraction of sp³-hybridized carbons (Fsp3) is 0.467. The number of rotatable bonds is 10. The fourth-order valence-corrected chi connectivity index (χ4v) is 1.80. The number of anilines is 1. The first-order valence-electron chi connectivity index (χ1n) is 7.13. The number of benzene rings is 1. The number of carbonyl (C=O) groups is 2. The Hall–Kier alpha value is -1.34. The molecule has 0 saturated heterocycles. The number of amides is 2. The summed E-state index contributed by atoms with van der Waals surface area (Å²) in [5.74, 6) is -0.177. The van der Waals surface area contributed by atoms with Crippen LogP contribution in [0.25, 0.3) is 0 Å². The molecule has 1 aromatic carbocycles. The van der Waals surface area contributed by atoms with Gasteiger partial charge in [-0.3, -0.25) is 9.59 Å². The van der Waals surface area contributed by atoms with Crippen molar-refractivity contribution in [3.05, 3.63) is 29.3 Å². The first kappa shape index (κ1) is 21.7. The van der Waals surface area contributed by atoms with Crippen LogP contribution in [-0.2, 0) is 14.3 Å². The van der Waals surface area contributed by atoms with Crippen molar-refractivity contribution in [3.8, 4) is 0 Å². The van der Waals surface area contributed by atoms with Crippen LogP contribution in [-0.4, -0.2) is 45.2 Å². The van der Waals surface area contributed by atoms with Crippen LogP contribution in [0.3, 0.4) is 0 Å². The molecule has 2 amide bonds. The summed E-state index contributed by atoms with van der Waals surface area (Å²) in [4.78, 5) is 23.1. The van der Waals surface area contributed by atoms with Crippen molar-refractivity contribution < 1.29 is 14.3 Å². The Morgan fingerprint density at radius 1 is 1.13 bits per heavy atom. The number of halogens is 2. The minimum absolute atomic E-state index is 0. The van der Waals surface area contributed by atoms with Gasteiger partial charge in [-0.1, -0.05) is 11.6 Å². The maximum atomic E-state index is 11.7. The van der Waals surface area contributed by atoms with Crippen LogP contribution in [0.1, 0.15) is 12.8 Å². The molecule has 0 aliphatic carbocycles. The molecular formula is C15H23Cl2N3O3. The third kappa shape index (κ3) is 10.9. The highest BCUT2D eigenvalue weighted by molar-refractivity contribution is 6.30. The molecule has 0 radical (unpaired) electrons. The van der Waals surface area contributed by atoms with Crippen LogP contribution in [0.15, 0.2) is 24.3 Å². The number of carbonyl (C=O) groups excluding carboxylic acids is 2. The summed E-state index contributed by atoms with van der Waals surface area (Å²) in [6, 6.07) is 6.92. The number of methoxy groups -OCH3 is 1. The molecule has 0 atom stereocenters. The lowest BCUT2D eigenvalue weighted by Gasteiger charge is -2.07. The average molecular weight is 364 g/mol. The highest BCUT2D eigenvalue weighted by Gasteiger charge is 2.04. The van der Waals surface area contributed by atoms with E-state index in [0.717, 1.165) is 0 Å². The SMILES string of the molecule is COCCNCC(=O)NCCCC(=O)Nc1ccc(Cl)cc1.Cl. The Labute approximate surface area is 147 Å². The van der Waals surface area contributed by atoms with Gasteiger partial charge >= 0.3 is 0 Å². The van der Waals surface area contributed by atoms with Crippen molar-refractivity contribution in [3.63, 3.8) is 0 Å². The summed E-state index contributed by atoms with van der Waals surface area (Å²) in [7, 11) is 1.61. The Kier molecular flexibility index (Phi) is 12.4. The molecule has 0 aliphatic heterocycles. The quantitative estimate of drug-likeness (QED) is 0.554. The van der Waals surface area contributed by atoms with E-state index in [1.54, 1.807) is 31.4 Å². The van der Waals surface area contributed by atoms with Crippen molar-refractivity contribution in [2.75, 3.05) is 38.7 Å². The summed E-state index contributed by atoms with van der Waals surface area (Å²) in [5, 5.41) is 9.09. The molecule has 6 nitrogen and oxygen atoms in total. The van der Waals surface area contributed by atoms with Gasteiger partial charge in [-0.15, -0.1) is 12.4 Å². The zero-order chi connectivity index (χ0) is 16.2. The number of nitrogens with one attached hydrogen (secondary N) is 3. The normalized spacial score (nSPS) is 9.83. The fourth-order valence-electron chi connectivity index (χ4n) is 1.67. The zero-order valence-electron chi connectivity index (χ0n) is 13.1. The van der Waals surface area contributed by atoms with Crippen LogP contribution in [0.2, 0.25) is 5.02 Å². The topological polar surface area (TPSA) is 79.5 Å². The van der Waals surface area contributed by atoms with Gasteiger partial charge in [0.15, 0.2) is 0 Å². The van der Waals surface area contributed by atoms with Gasteiger partial charge in [0.2, 0.25) is 11.8 Å². The van der Waals surface area contributed by atoms with Gasteiger partial charge in [0.05, 0.1) is 13.2 Å². The molecule has 0 spiro atoms. The second kappa shape index (κ2) is 13.1. The van der Waals surface area contributed by atoms with E-state index in [-0.39, 0.29) is 30.8 Å². The molecule has 23 heavy (non-hydrogen) atoms. The maximum absolute atomic E-state index is 11.7. The summed E-state index contributed by atoms with van der Waals surface area (Å²) < 4.78 is 4.86. The summed E-state index contributed by atoms with van der Waals surface area (Å²) in [6.45, 7) is 1.92. The average Bonchev–Trinajstić information content (AvgIpc) is 2.50. The van der Waals surface area contributed by atoms with E-state index >= 15 is 0 Å². The zero-order valence-corrected chi connectivity index (χ0v) is 14.6. The Morgan fingerprint density at radius 2 is 1.83 bits per heavy atom. The summed E-state index contributed by atoms with van der Waals surface area (Å²) >= 11 is 5.77. The van der Waals surface area contributed by atoms with Crippen molar-refractivity contribution in [2.45, 2.75) is 12.8 Å². The predicted octanol–water partition coefficient (Wildman–Crippen LogP) is 1.83. The monoisotopic (exact) mass is 363 g/mol. The molecule has 0 aromatic heterocycles. The third-order valence-electron chi connectivity index (χ3n) is 2.80. The molecule has 0 unspecified atom stereocenters. The minimum Gasteiger partial charge on any atom is -0.383 e. The van der Waals surface area contributed by atoms with Gasteiger partial charge in [-0.05, 0) is 30.7 Å². The molecule has 1 rings (SSSR count). The molecule has 1 aromatic rings. The van der Waals surface area contributed by atoms with E-state index < -0.39 is 0 Å². The van der Waals surface area contributed by atoms with E-state index in [4.69, 9.17) is 16.3 Å². The summed E-state index contributed by atoms with van der Waals surface area (Å²) in [6.07, 6.45) is 0.934. The molecule has 3 N–H and O–H groups in total. The molecule has 8 heteroatoms. The maximum Gasteiger partial charge on any atom is 0.233 e. The predicted molar refractivity (Wildman–Crippen MR) is 94.3 cm³/mol. The number of hydrogen-bond donors (Lipinski definition) is 3. The van der Waals surface area contributed by atoms with Crippen LogP contribution in [0, 0.1) is 0 Å². The van der Waals surface area contributed by atoms with Crippen LogP contribution < -0.4 is 16.0 Å². The van der Waals surface area contributed by atoms with Crippen molar-refractivity contribution in [1.29, 1.82) is 0 Å². The Morgan fingerprint density at radius 3 is 2.48 bits per heavy atom. The van der Waals surface area contributed by atoms with Gasteiger partial charge < -0.3 is 20.7 Å². The molecular weight excluding hydrogens is 341 g/mol. The first-order valence-corrected chi connectivity index (χ1v) is 7.51. The third-order valence-corrected chi connectivity index (χ3v) is 3.05. The molecule has 0 heterocycles. The van der Waals surface area contributed by atoms with Crippen molar-refractivity contribution in [2.24, 2.45) is 0 Å². The number of ether oxygens (including phenoxy) is 1. The van der Waals surface area contributed by atoms with Gasteiger partial charge in [-0.2, -0.15) is 0 Å². The largest absolute Gasteiger partial charge is 0.383 e. The lowest BCUT2D eigenvalue weighted by Crippen LogP contribution is -2.35. The van der Waals surface area contributed by atoms with E-state index in [2.05, 4.69) is 16.0 Å². The second-order valence-electron chi connectivity index (χ2n) is 4.68. The summed E-state index contributed by atoms with van der Waals surface area (Å²) in [5.41, 5.74) is 0.709. The van der Waals surface area contributed by atoms with E-state index in [1.165, 1.54) is 0 Å². The molecule has 0 aliphatic rings. The highest BCUT2D eigenvalue weighted by Crippen LogP contribution is 2.13. The van der Waals surface area contributed by atoms with E-state index in [1.807, 2.05) is 0 Å². The van der Waals surface area contributed by atoms with E-state index in [9.17, 15) is 9.59 Å². The first-order chi connectivity index (χ1) is 10.6. The minimum atomic E-state index is -0.0887. The smallest absolute Gasteiger partial charge is 0.233 e. The van der Waals surface area contributed by atoms with Gasteiger partial charge in [0.25, 0.3) is 0 Å². The van der Waals surface area contributed by atoms with Gasteiger partial charge in [0, 0.05) is 37.3 Å². The van der Waals surface area contributed by atoms with Crippen molar-refractivity contribution >= 4 is 41.5 Å². The van der Waals surface area contributed by atoms with Crippen LogP contribution in [0.4, 0.5) is 5.69 Å². The highest BCUT2D eigenvalue weighted by atomic mass is 35.5. The molecule has 130 valence electrons. The molecule has 0 saturated carbocycles. The van der Waals surface area contributed by atoms with Gasteiger partial charge in [-0.25, -0.2) is 0 Å². The van der Waals surface area contributed by atoms with Crippen LogP contribution in [0.5, 0.6) is 0 Å². The van der Waals surface area contributed by atoms with E-state index in [0.29, 0.717) is 43.2 Å². The Bertz CT molecular complexity index is 470. The Balaban J connectivity index is 0.00000484. The standard InChI is InChI=1S/C15H22ClN3O3.ClH/c1-22-10-9-17-11-15(21)18-8-2-3-14(20)19-13-6-4-12(16)5-7-13;/h4-7,17H,2-3,8-11H2,1H3,(H,18,21)(H,19,20);1H. The lowest BCUT2D eigenvalue weighted by molar-refractivity contribution is -0.120.